The van der Waals surface area contributed by atoms with Crippen molar-refractivity contribution in [2.24, 2.45) is 5.92 Å². The number of nitriles is 1. The van der Waals surface area contributed by atoms with Crippen molar-refractivity contribution in [1.82, 2.24) is 4.90 Å². The molecule has 0 radical (unpaired) electrons. The van der Waals surface area contributed by atoms with E-state index in [1.54, 1.807) is 9.80 Å². The van der Waals surface area contributed by atoms with Gasteiger partial charge in [0.05, 0.1) is 11.3 Å². The van der Waals surface area contributed by atoms with Crippen molar-refractivity contribution in [3.8, 4) is 6.07 Å². The van der Waals surface area contributed by atoms with Crippen LogP contribution >= 0.6 is 0 Å². The Bertz CT molecular complexity index is 767. The largest absolute Gasteiger partial charge is 0.338 e. The van der Waals surface area contributed by atoms with E-state index >= 15 is 0 Å². The van der Waals surface area contributed by atoms with E-state index in [0.717, 1.165) is 24.9 Å². The number of rotatable bonds is 3. The molecule has 0 spiro atoms. The van der Waals surface area contributed by atoms with Crippen molar-refractivity contribution < 1.29 is 9.59 Å². The molecule has 0 aliphatic carbocycles. The van der Waals surface area contributed by atoms with Crippen molar-refractivity contribution in [2.75, 3.05) is 24.5 Å². The standard InChI is InChI=1S/C20H23N3O2/c1-14(2)13-23-17-9-5-4-8-15(17)18(20(23)25)16(12-21)19(24)22-10-6-3-7-11-22/h4-5,8-9,14H,3,6-7,10-11,13H2,1-2H3. The second kappa shape index (κ2) is 7.10. The quantitative estimate of drug-likeness (QED) is 0.629. The van der Waals surface area contributed by atoms with E-state index in [1.807, 2.05) is 44.2 Å². The molecular weight excluding hydrogens is 314 g/mol. The predicted octanol–water partition coefficient (Wildman–Crippen LogP) is 2.98. The Labute approximate surface area is 148 Å². The van der Waals surface area contributed by atoms with E-state index < -0.39 is 0 Å². The lowest BCUT2D eigenvalue weighted by atomic mass is 10.00. The molecule has 2 aliphatic heterocycles. The molecule has 130 valence electrons. The molecule has 3 rings (SSSR count). The van der Waals surface area contributed by atoms with Crippen LogP contribution in [-0.4, -0.2) is 36.3 Å². The molecule has 0 N–H and O–H groups in total. The van der Waals surface area contributed by atoms with Gasteiger partial charge in [0.15, 0.2) is 0 Å². The number of hydrogen-bond donors (Lipinski definition) is 0. The summed E-state index contributed by atoms with van der Waals surface area (Å²) in [5, 5.41) is 9.67. The van der Waals surface area contributed by atoms with Crippen molar-refractivity contribution in [3.05, 3.63) is 35.4 Å². The molecule has 1 fully saturated rings. The fourth-order valence-electron chi connectivity index (χ4n) is 3.53. The summed E-state index contributed by atoms with van der Waals surface area (Å²) in [5.74, 6) is -0.261. The van der Waals surface area contributed by atoms with E-state index in [4.69, 9.17) is 0 Å². The van der Waals surface area contributed by atoms with Gasteiger partial charge in [-0.05, 0) is 31.2 Å². The Kier molecular flexibility index (Phi) is 4.89. The minimum atomic E-state index is -0.313. The number of fused-ring (bicyclic) bond motifs is 1. The van der Waals surface area contributed by atoms with E-state index in [-0.39, 0.29) is 23.0 Å². The number of carbonyl (C=O) groups is 2. The third-order valence-corrected chi connectivity index (χ3v) is 4.69. The third kappa shape index (κ3) is 3.17. The zero-order chi connectivity index (χ0) is 18.0. The average molecular weight is 337 g/mol. The average Bonchev–Trinajstić information content (AvgIpc) is 2.89. The minimum absolute atomic E-state index is 0.0226. The van der Waals surface area contributed by atoms with Gasteiger partial charge in [-0.1, -0.05) is 32.0 Å². The number of carbonyl (C=O) groups excluding carboxylic acids is 2. The monoisotopic (exact) mass is 337 g/mol. The number of amides is 2. The van der Waals surface area contributed by atoms with Crippen LogP contribution in [0.5, 0.6) is 0 Å². The first-order valence-electron chi connectivity index (χ1n) is 8.89. The molecule has 0 unspecified atom stereocenters. The lowest BCUT2D eigenvalue weighted by Crippen LogP contribution is -2.37. The molecule has 25 heavy (non-hydrogen) atoms. The van der Waals surface area contributed by atoms with E-state index in [2.05, 4.69) is 0 Å². The summed E-state index contributed by atoms with van der Waals surface area (Å²) in [4.78, 5) is 29.3. The molecule has 1 aromatic carbocycles. The number of nitrogens with zero attached hydrogens (tertiary/aromatic N) is 3. The maximum absolute atomic E-state index is 13.0. The predicted molar refractivity (Wildman–Crippen MR) is 96.6 cm³/mol. The lowest BCUT2D eigenvalue weighted by molar-refractivity contribution is -0.127. The van der Waals surface area contributed by atoms with E-state index in [9.17, 15) is 14.9 Å². The fourth-order valence-corrected chi connectivity index (χ4v) is 3.53. The molecule has 0 aromatic heterocycles. The lowest BCUT2D eigenvalue weighted by Gasteiger charge is -2.26. The molecule has 2 heterocycles. The van der Waals surface area contributed by atoms with Crippen LogP contribution in [0.4, 0.5) is 5.69 Å². The Balaban J connectivity index is 2.07. The molecule has 0 atom stereocenters. The van der Waals surface area contributed by atoms with Crippen molar-refractivity contribution in [3.63, 3.8) is 0 Å². The van der Waals surface area contributed by atoms with Crippen LogP contribution in [0.3, 0.4) is 0 Å². The topological polar surface area (TPSA) is 64.4 Å². The summed E-state index contributed by atoms with van der Waals surface area (Å²) in [6, 6.07) is 9.44. The first-order valence-corrected chi connectivity index (χ1v) is 8.89. The molecular formula is C20H23N3O2. The molecule has 2 amide bonds. The van der Waals surface area contributed by atoms with Crippen LogP contribution in [0.15, 0.2) is 29.8 Å². The van der Waals surface area contributed by atoms with Gasteiger partial charge in [-0.2, -0.15) is 5.26 Å². The van der Waals surface area contributed by atoms with Crippen molar-refractivity contribution in [2.45, 2.75) is 33.1 Å². The Morgan fingerprint density at radius 3 is 2.52 bits per heavy atom. The smallest absolute Gasteiger partial charge is 0.265 e. The highest BCUT2D eigenvalue weighted by Gasteiger charge is 2.37. The number of anilines is 1. The van der Waals surface area contributed by atoms with Crippen molar-refractivity contribution >= 4 is 23.1 Å². The van der Waals surface area contributed by atoms with Gasteiger partial charge in [0.1, 0.15) is 11.6 Å². The first-order chi connectivity index (χ1) is 12.0. The molecule has 5 heteroatoms. The minimum Gasteiger partial charge on any atom is -0.338 e. The second-order valence-corrected chi connectivity index (χ2v) is 7.04. The van der Waals surface area contributed by atoms with Gasteiger partial charge in [0.2, 0.25) is 0 Å². The third-order valence-electron chi connectivity index (χ3n) is 4.69. The van der Waals surface area contributed by atoms with Crippen LogP contribution in [0.2, 0.25) is 0 Å². The molecule has 5 nitrogen and oxygen atoms in total. The highest BCUT2D eigenvalue weighted by Crippen LogP contribution is 2.39. The molecule has 1 saturated heterocycles. The SMILES string of the molecule is CC(C)CN1C(=O)C(=C(C#N)C(=O)N2CCCCC2)c2ccccc21. The Morgan fingerprint density at radius 2 is 1.88 bits per heavy atom. The van der Waals surface area contributed by atoms with Crippen LogP contribution < -0.4 is 4.90 Å². The number of hydrogen-bond acceptors (Lipinski definition) is 3. The van der Waals surface area contributed by atoms with Crippen molar-refractivity contribution in [1.29, 1.82) is 5.26 Å². The number of piperidine rings is 1. The molecule has 2 aliphatic rings. The summed E-state index contributed by atoms with van der Waals surface area (Å²) in [5.41, 5.74) is 1.71. The summed E-state index contributed by atoms with van der Waals surface area (Å²) in [7, 11) is 0. The van der Waals surface area contributed by atoms with Gasteiger partial charge in [-0.15, -0.1) is 0 Å². The Morgan fingerprint density at radius 1 is 1.20 bits per heavy atom. The van der Waals surface area contributed by atoms with Crippen LogP contribution in [0.1, 0.15) is 38.7 Å². The summed E-state index contributed by atoms with van der Waals surface area (Å²) in [6.45, 7) is 5.96. The normalized spacial score (nSPS) is 19.0. The summed E-state index contributed by atoms with van der Waals surface area (Å²) in [6.07, 6.45) is 3.00. The van der Waals surface area contributed by atoms with Gasteiger partial charge >= 0.3 is 0 Å². The zero-order valence-corrected chi connectivity index (χ0v) is 14.8. The van der Waals surface area contributed by atoms with Gasteiger partial charge < -0.3 is 9.80 Å². The number of benzene rings is 1. The molecule has 0 bridgehead atoms. The molecule has 1 aromatic rings. The highest BCUT2D eigenvalue weighted by atomic mass is 16.2. The maximum atomic E-state index is 13.0. The van der Waals surface area contributed by atoms with Gasteiger partial charge in [-0.3, -0.25) is 9.59 Å². The molecule has 0 saturated carbocycles. The number of para-hydroxylation sites is 1. The van der Waals surface area contributed by atoms with E-state index in [1.165, 1.54) is 0 Å². The van der Waals surface area contributed by atoms with Crippen LogP contribution in [0.25, 0.3) is 5.57 Å². The fraction of sp³-hybridized carbons (Fsp3) is 0.450. The number of likely N-dealkylation sites (tertiary alicyclic amines) is 1. The maximum Gasteiger partial charge on any atom is 0.265 e. The summed E-state index contributed by atoms with van der Waals surface area (Å²) >= 11 is 0. The van der Waals surface area contributed by atoms with Gasteiger partial charge in [-0.25, -0.2) is 0 Å². The highest BCUT2D eigenvalue weighted by molar-refractivity contribution is 6.37. The van der Waals surface area contributed by atoms with Gasteiger partial charge in [0.25, 0.3) is 11.8 Å². The van der Waals surface area contributed by atoms with Crippen LogP contribution in [0, 0.1) is 17.2 Å². The Hall–Kier alpha value is -2.61. The second-order valence-electron chi connectivity index (χ2n) is 7.04. The first kappa shape index (κ1) is 17.2. The zero-order valence-electron chi connectivity index (χ0n) is 14.8. The van der Waals surface area contributed by atoms with Crippen LogP contribution in [-0.2, 0) is 9.59 Å². The van der Waals surface area contributed by atoms with E-state index in [0.29, 0.717) is 31.1 Å². The van der Waals surface area contributed by atoms with Gasteiger partial charge in [0, 0.05) is 25.2 Å². The summed E-state index contributed by atoms with van der Waals surface area (Å²) < 4.78 is 0.